The van der Waals surface area contributed by atoms with Crippen molar-refractivity contribution in [3.05, 3.63) is 53.1 Å². The molecule has 0 fully saturated rings. The van der Waals surface area contributed by atoms with Gasteiger partial charge in [-0.15, -0.1) is 0 Å². The van der Waals surface area contributed by atoms with Crippen LogP contribution in [0, 0.1) is 0 Å². The molecule has 2 aromatic carbocycles. The molecule has 0 unspecified atom stereocenters. The molecule has 164 valence electrons. The Kier molecular flexibility index (Phi) is 9.31. The average molecular weight is 447 g/mol. The average Bonchev–Trinajstić information content (AvgIpc) is 2.73. The molecule has 9 nitrogen and oxygen atoms in total. The van der Waals surface area contributed by atoms with Crippen LogP contribution in [0.5, 0.6) is 11.5 Å². The van der Waals surface area contributed by atoms with Crippen LogP contribution in [-0.2, 0) is 14.4 Å². The maximum absolute atomic E-state index is 12.1. The van der Waals surface area contributed by atoms with Crippen molar-refractivity contribution in [2.24, 2.45) is 5.10 Å². The number of likely N-dealkylation sites (N-methyl/N-ethyl adjacent to an activating group) is 1. The quantitative estimate of drug-likeness (QED) is 0.310. The van der Waals surface area contributed by atoms with Crippen LogP contribution in [-0.4, -0.2) is 43.7 Å². The van der Waals surface area contributed by atoms with Crippen LogP contribution in [0.25, 0.3) is 0 Å². The van der Waals surface area contributed by atoms with Gasteiger partial charge in [0.05, 0.1) is 12.8 Å². The van der Waals surface area contributed by atoms with Gasteiger partial charge in [0.2, 0.25) is 0 Å². The molecule has 0 spiro atoms. The van der Waals surface area contributed by atoms with Crippen molar-refractivity contribution in [1.29, 1.82) is 0 Å². The zero-order valence-electron chi connectivity index (χ0n) is 17.1. The molecule has 0 radical (unpaired) electrons. The Hall–Kier alpha value is -3.59. The minimum absolute atomic E-state index is 0.234. The summed E-state index contributed by atoms with van der Waals surface area (Å²) in [6.45, 7) is 3.99. The third-order valence-electron chi connectivity index (χ3n) is 3.66. The van der Waals surface area contributed by atoms with Crippen molar-refractivity contribution in [3.8, 4) is 11.5 Å². The highest BCUT2D eigenvalue weighted by molar-refractivity contribution is 6.35. The molecule has 31 heavy (non-hydrogen) atoms. The second kappa shape index (κ2) is 12.2. The summed E-state index contributed by atoms with van der Waals surface area (Å²) in [4.78, 5) is 35.0. The number of nitrogens with one attached hydrogen (secondary N) is 3. The van der Waals surface area contributed by atoms with Crippen molar-refractivity contribution in [2.75, 3.05) is 25.1 Å². The molecule has 0 aromatic heterocycles. The standard InChI is InChI=1S/C21H23ClN4O5/c1-3-23-20(28)21(29)26-24-12-14-8-9-17(18(10-14)30-4-2)31-13-19(27)25-16-7-5-6-15(22)11-16/h5-12H,3-4,13H2,1-2H3,(H,23,28)(H,25,27)(H,26,29)/b24-12-. The van der Waals surface area contributed by atoms with Gasteiger partial charge in [-0.3, -0.25) is 14.4 Å². The highest BCUT2D eigenvalue weighted by Crippen LogP contribution is 2.28. The summed E-state index contributed by atoms with van der Waals surface area (Å²) in [6.07, 6.45) is 1.36. The third-order valence-corrected chi connectivity index (χ3v) is 3.89. The number of rotatable bonds is 9. The van der Waals surface area contributed by atoms with E-state index < -0.39 is 11.8 Å². The molecule has 0 saturated carbocycles. The molecule has 3 N–H and O–H groups in total. The van der Waals surface area contributed by atoms with Crippen LogP contribution >= 0.6 is 11.6 Å². The fraction of sp³-hybridized carbons (Fsp3) is 0.238. The first-order valence-electron chi connectivity index (χ1n) is 9.49. The molecule has 0 aliphatic heterocycles. The summed E-state index contributed by atoms with van der Waals surface area (Å²) in [5.74, 6) is -1.23. The first kappa shape index (κ1) is 23.7. The summed E-state index contributed by atoms with van der Waals surface area (Å²) in [7, 11) is 0. The van der Waals surface area contributed by atoms with E-state index >= 15 is 0 Å². The van der Waals surface area contributed by atoms with E-state index in [9.17, 15) is 14.4 Å². The number of carbonyl (C=O) groups excluding carboxylic acids is 3. The summed E-state index contributed by atoms with van der Waals surface area (Å²) >= 11 is 5.90. The molecule has 2 aromatic rings. The van der Waals surface area contributed by atoms with E-state index in [4.69, 9.17) is 21.1 Å². The molecule has 2 rings (SSSR count). The van der Waals surface area contributed by atoms with Crippen molar-refractivity contribution in [2.45, 2.75) is 13.8 Å². The zero-order chi connectivity index (χ0) is 22.6. The topological polar surface area (TPSA) is 118 Å². The maximum Gasteiger partial charge on any atom is 0.329 e. The predicted octanol–water partition coefficient (Wildman–Crippen LogP) is 2.34. The Balaban J connectivity index is 1.97. The number of benzene rings is 2. The molecule has 3 amide bonds. The van der Waals surface area contributed by atoms with Crippen LogP contribution in [0.4, 0.5) is 5.69 Å². The van der Waals surface area contributed by atoms with Crippen LogP contribution < -0.4 is 25.5 Å². The summed E-state index contributed by atoms with van der Waals surface area (Å²) in [5.41, 5.74) is 3.29. The highest BCUT2D eigenvalue weighted by atomic mass is 35.5. The largest absolute Gasteiger partial charge is 0.490 e. The molecule has 0 aliphatic carbocycles. The molecule has 10 heteroatoms. The van der Waals surface area contributed by atoms with Crippen LogP contribution in [0.15, 0.2) is 47.6 Å². The van der Waals surface area contributed by atoms with Crippen LogP contribution in [0.3, 0.4) is 0 Å². The number of halogens is 1. The van der Waals surface area contributed by atoms with E-state index in [1.807, 2.05) is 6.92 Å². The van der Waals surface area contributed by atoms with Gasteiger partial charge in [0.1, 0.15) is 0 Å². The van der Waals surface area contributed by atoms with E-state index in [-0.39, 0.29) is 12.5 Å². The number of nitrogens with zero attached hydrogens (tertiary/aromatic N) is 1. The first-order valence-corrected chi connectivity index (χ1v) is 9.87. The van der Waals surface area contributed by atoms with Gasteiger partial charge in [-0.05, 0) is 55.8 Å². The third kappa shape index (κ3) is 7.98. The summed E-state index contributed by atoms with van der Waals surface area (Å²) in [6, 6.07) is 11.7. The van der Waals surface area contributed by atoms with E-state index in [1.165, 1.54) is 6.21 Å². The van der Waals surface area contributed by atoms with E-state index in [2.05, 4.69) is 21.2 Å². The number of hydrogen-bond acceptors (Lipinski definition) is 6. The van der Waals surface area contributed by atoms with E-state index in [1.54, 1.807) is 49.4 Å². The zero-order valence-corrected chi connectivity index (χ0v) is 17.9. The normalized spacial score (nSPS) is 10.4. The molecule has 0 bridgehead atoms. The SMILES string of the molecule is CCNC(=O)C(=O)N/N=C\c1ccc(OCC(=O)Nc2cccc(Cl)c2)c(OCC)c1. The monoisotopic (exact) mass is 446 g/mol. The Morgan fingerprint density at radius 3 is 2.55 bits per heavy atom. The number of anilines is 1. The fourth-order valence-electron chi connectivity index (χ4n) is 2.36. The van der Waals surface area contributed by atoms with Crippen molar-refractivity contribution in [1.82, 2.24) is 10.7 Å². The second-order valence-electron chi connectivity index (χ2n) is 6.04. The number of hydrogen-bond donors (Lipinski definition) is 3. The lowest BCUT2D eigenvalue weighted by Crippen LogP contribution is -2.37. The summed E-state index contributed by atoms with van der Waals surface area (Å²) in [5, 5.41) is 9.32. The van der Waals surface area contributed by atoms with Gasteiger partial charge in [0, 0.05) is 17.3 Å². The van der Waals surface area contributed by atoms with E-state index in [0.717, 1.165) is 0 Å². The number of ether oxygens (including phenoxy) is 2. The van der Waals surface area contributed by atoms with Crippen molar-refractivity contribution < 1.29 is 23.9 Å². The predicted molar refractivity (Wildman–Crippen MR) is 118 cm³/mol. The lowest BCUT2D eigenvalue weighted by Gasteiger charge is -2.12. The van der Waals surface area contributed by atoms with Gasteiger partial charge >= 0.3 is 11.8 Å². The Bertz CT molecular complexity index is 965. The van der Waals surface area contributed by atoms with Gasteiger partial charge in [0.15, 0.2) is 18.1 Å². The number of hydrazone groups is 1. The molecular weight excluding hydrogens is 424 g/mol. The number of amides is 3. The molecule has 0 saturated heterocycles. The molecular formula is C21H23ClN4O5. The molecule has 0 atom stereocenters. The lowest BCUT2D eigenvalue weighted by atomic mass is 10.2. The van der Waals surface area contributed by atoms with Crippen LogP contribution in [0.2, 0.25) is 5.02 Å². The Morgan fingerprint density at radius 2 is 1.84 bits per heavy atom. The second-order valence-corrected chi connectivity index (χ2v) is 6.48. The van der Waals surface area contributed by atoms with Gasteiger partial charge < -0.3 is 20.1 Å². The van der Waals surface area contributed by atoms with Gasteiger partial charge in [0.25, 0.3) is 5.91 Å². The van der Waals surface area contributed by atoms with Gasteiger partial charge in [-0.2, -0.15) is 5.10 Å². The van der Waals surface area contributed by atoms with E-state index in [0.29, 0.717) is 40.9 Å². The maximum atomic E-state index is 12.1. The highest BCUT2D eigenvalue weighted by Gasteiger charge is 2.11. The Labute approximate surface area is 184 Å². The first-order chi connectivity index (χ1) is 14.9. The number of carbonyl (C=O) groups is 3. The molecule has 0 aliphatic rings. The van der Waals surface area contributed by atoms with Crippen molar-refractivity contribution in [3.63, 3.8) is 0 Å². The van der Waals surface area contributed by atoms with Crippen molar-refractivity contribution >= 4 is 41.2 Å². The minimum Gasteiger partial charge on any atom is -0.490 e. The minimum atomic E-state index is -0.867. The summed E-state index contributed by atoms with van der Waals surface area (Å²) < 4.78 is 11.1. The Morgan fingerprint density at radius 1 is 1.03 bits per heavy atom. The van der Waals surface area contributed by atoms with Gasteiger partial charge in [-0.1, -0.05) is 17.7 Å². The van der Waals surface area contributed by atoms with Crippen LogP contribution in [0.1, 0.15) is 19.4 Å². The lowest BCUT2D eigenvalue weighted by molar-refractivity contribution is -0.139. The molecule has 0 heterocycles. The fourth-order valence-corrected chi connectivity index (χ4v) is 2.55. The van der Waals surface area contributed by atoms with Gasteiger partial charge in [-0.25, -0.2) is 5.43 Å². The smallest absolute Gasteiger partial charge is 0.329 e.